The van der Waals surface area contributed by atoms with E-state index in [9.17, 15) is 0 Å². The Hall–Kier alpha value is -0.280. The molecule has 0 spiro atoms. The highest BCUT2D eigenvalue weighted by Gasteiger charge is 2.20. The van der Waals surface area contributed by atoms with E-state index in [0.717, 1.165) is 24.4 Å². The summed E-state index contributed by atoms with van der Waals surface area (Å²) in [5.41, 5.74) is 1.10. The fraction of sp³-hybridized carbons (Fsp3) is 0.625. The number of nitrogens with one attached hydrogen (secondary N) is 1. The van der Waals surface area contributed by atoms with Gasteiger partial charge in [0.05, 0.1) is 10.0 Å². The Morgan fingerprint density at radius 3 is 2.70 bits per heavy atom. The third-order valence-electron chi connectivity index (χ3n) is 4.30. The Morgan fingerprint density at radius 2 is 2.10 bits per heavy atom. The van der Waals surface area contributed by atoms with Crippen LogP contribution in [0.1, 0.15) is 37.3 Å². The second-order valence-corrected chi connectivity index (χ2v) is 6.62. The van der Waals surface area contributed by atoms with Gasteiger partial charge in [0.15, 0.2) is 0 Å². The lowest BCUT2D eigenvalue weighted by Crippen LogP contribution is -2.32. The molecular formula is C16H24Cl2N2. The molecule has 1 saturated carbocycles. The molecular weight excluding hydrogens is 291 g/mol. The largest absolute Gasteiger partial charge is 0.313 e. The molecule has 1 aromatic carbocycles. The summed E-state index contributed by atoms with van der Waals surface area (Å²) in [6.45, 7) is 2.30. The first kappa shape index (κ1) is 16.1. The van der Waals surface area contributed by atoms with Crippen LogP contribution in [0.15, 0.2) is 18.2 Å². The summed E-state index contributed by atoms with van der Waals surface area (Å²) in [4.78, 5) is 2.44. The molecule has 1 aromatic rings. The van der Waals surface area contributed by atoms with E-state index < -0.39 is 0 Å². The van der Waals surface area contributed by atoms with E-state index >= 15 is 0 Å². The van der Waals surface area contributed by atoms with Crippen molar-refractivity contribution in [3.8, 4) is 0 Å². The van der Waals surface area contributed by atoms with Crippen molar-refractivity contribution in [2.45, 2.75) is 31.7 Å². The van der Waals surface area contributed by atoms with Gasteiger partial charge >= 0.3 is 0 Å². The molecule has 1 fully saturated rings. The van der Waals surface area contributed by atoms with Crippen molar-refractivity contribution in [1.29, 1.82) is 0 Å². The Balaban J connectivity index is 1.89. The van der Waals surface area contributed by atoms with Crippen molar-refractivity contribution < 1.29 is 0 Å². The van der Waals surface area contributed by atoms with Crippen LogP contribution in [0, 0.1) is 5.92 Å². The van der Waals surface area contributed by atoms with Gasteiger partial charge in [0, 0.05) is 12.6 Å². The summed E-state index contributed by atoms with van der Waals surface area (Å²) in [6.07, 6.45) is 5.26. The number of halogens is 2. The predicted octanol–water partition coefficient (Wildman–Crippen LogP) is 4.38. The molecule has 1 N–H and O–H groups in total. The predicted molar refractivity (Wildman–Crippen MR) is 87.7 cm³/mol. The van der Waals surface area contributed by atoms with Gasteiger partial charge in [0.1, 0.15) is 0 Å². The van der Waals surface area contributed by atoms with Gasteiger partial charge in [0.25, 0.3) is 0 Å². The maximum absolute atomic E-state index is 6.31. The molecule has 0 heterocycles. The van der Waals surface area contributed by atoms with Crippen LogP contribution in [0.2, 0.25) is 10.0 Å². The Bertz CT molecular complexity index is 432. The van der Waals surface area contributed by atoms with E-state index in [-0.39, 0.29) is 6.04 Å². The number of hydrogen-bond donors (Lipinski definition) is 1. The number of rotatable bonds is 7. The lowest BCUT2D eigenvalue weighted by molar-refractivity contribution is 0.199. The van der Waals surface area contributed by atoms with Crippen molar-refractivity contribution in [3.63, 3.8) is 0 Å². The van der Waals surface area contributed by atoms with Crippen molar-refractivity contribution in [1.82, 2.24) is 10.2 Å². The molecule has 0 radical (unpaired) electrons. The van der Waals surface area contributed by atoms with Crippen LogP contribution in [-0.4, -0.2) is 32.1 Å². The molecule has 1 unspecified atom stereocenters. The molecule has 112 valence electrons. The minimum Gasteiger partial charge on any atom is -0.313 e. The normalized spacial score (nSPS) is 17.2. The van der Waals surface area contributed by atoms with Crippen LogP contribution in [0.5, 0.6) is 0 Å². The third-order valence-corrected chi connectivity index (χ3v) is 5.13. The minimum atomic E-state index is 0.255. The molecule has 1 atom stereocenters. The fourth-order valence-electron chi connectivity index (χ4n) is 2.80. The maximum atomic E-state index is 6.31. The zero-order valence-electron chi connectivity index (χ0n) is 12.3. The summed E-state index contributed by atoms with van der Waals surface area (Å²) in [5, 5.41) is 4.66. The van der Waals surface area contributed by atoms with Gasteiger partial charge < -0.3 is 10.2 Å². The zero-order chi connectivity index (χ0) is 14.5. The van der Waals surface area contributed by atoms with Gasteiger partial charge in [-0.2, -0.15) is 0 Å². The molecule has 0 aliphatic heterocycles. The topological polar surface area (TPSA) is 15.3 Å². The van der Waals surface area contributed by atoms with Crippen molar-refractivity contribution in [2.75, 3.05) is 27.2 Å². The Kier molecular flexibility index (Phi) is 6.16. The van der Waals surface area contributed by atoms with Crippen LogP contribution >= 0.6 is 23.2 Å². The molecule has 20 heavy (non-hydrogen) atoms. The first-order valence-corrected chi connectivity index (χ1v) is 8.17. The second-order valence-electron chi connectivity index (χ2n) is 5.83. The molecule has 0 bridgehead atoms. The van der Waals surface area contributed by atoms with Crippen molar-refractivity contribution >= 4 is 23.2 Å². The molecule has 4 heteroatoms. The van der Waals surface area contributed by atoms with Crippen LogP contribution in [0.3, 0.4) is 0 Å². The summed E-state index contributed by atoms with van der Waals surface area (Å²) in [6, 6.07) is 6.11. The van der Waals surface area contributed by atoms with Crippen molar-refractivity contribution in [3.05, 3.63) is 33.8 Å². The molecule has 0 amide bonds. The first-order valence-electron chi connectivity index (χ1n) is 7.41. The summed E-state index contributed by atoms with van der Waals surface area (Å²) in [7, 11) is 4.19. The summed E-state index contributed by atoms with van der Waals surface area (Å²) in [5.74, 6) is 0.919. The highest BCUT2D eigenvalue weighted by Crippen LogP contribution is 2.31. The van der Waals surface area contributed by atoms with Crippen LogP contribution in [0.4, 0.5) is 0 Å². The Morgan fingerprint density at radius 1 is 1.35 bits per heavy atom. The van der Waals surface area contributed by atoms with Gasteiger partial charge in [-0.25, -0.2) is 0 Å². The average Bonchev–Trinajstić information content (AvgIpc) is 2.39. The highest BCUT2D eigenvalue weighted by atomic mass is 35.5. The van der Waals surface area contributed by atoms with E-state index in [1.54, 1.807) is 0 Å². The Labute approximate surface area is 132 Å². The summed E-state index contributed by atoms with van der Waals surface area (Å²) < 4.78 is 0. The number of nitrogens with zero attached hydrogens (tertiary/aromatic N) is 1. The van der Waals surface area contributed by atoms with Crippen LogP contribution < -0.4 is 5.32 Å². The monoisotopic (exact) mass is 314 g/mol. The van der Waals surface area contributed by atoms with E-state index in [1.807, 2.05) is 19.2 Å². The molecule has 1 aliphatic rings. The SMILES string of the molecule is CNC(CCN(C)CC1CCC1)c1cccc(Cl)c1Cl. The third kappa shape index (κ3) is 4.11. The summed E-state index contributed by atoms with van der Waals surface area (Å²) >= 11 is 12.4. The molecule has 0 aromatic heterocycles. The van der Waals surface area contributed by atoms with Crippen molar-refractivity contribution in [2.24, 2.45) is 5.92 Å². The van der Waals surface area contributed by atoms with E-state index in [0.29, 0.717) is 10.0 Å². The second kappa shape index (κ2) is 7.65. The lowest BCUT2D eigenvalue weighted by Gasteiger charge is -2.31. The molecule has 0 saturated heterocycles. The van der Waals surface area contributed by atoms with E-state index in [4.69, 9.17) is 23.2 Å². The zero-order valence-corrected chi connectivity index (χ0v) is 13.8. The quantitative estimate of drug-likeness (QED) is 0.803. The van der Waals surface area contributed by atoms with E-state index in [1.165, 1.54) is 25.8 Å². The lowest BCUT2D eigenvalue weighted by atomic mass is 9.85. The molecule has 1 aliphatic carbocycles. The van der Waals surface area contributed by atoms with Gasteiger partial charge in [-0.15, -0.1) is 0 Å². The van der Waals surface area contributed by atoms with E-state index in [2.05, 4.69) is 23.3 Å². The first-order chi connectivity index (χ1) is 9.61. The maximum Gasteiger partial charge on any atom is 0.0640 e. The number of benzene rings is 1. The van der Waals surface area contributed by atoms with Gasteiger partial charge in [0.2, 0.25) is 0 Å². The van der Waals surface area contributed by atoms with Crippen LogP contribution in [0.25, 0.3) is 0 Å². The average molecular weight is 315 g/mol. The van der Waals surface area contributed by atoms with Gasteiger partial charge in [-0.1, -0.05) is 41.8 Å². The molecule has 2 rings (SSSR count). The fourth-order valence-corrected chi connectivity index (χ4v) is 3.24. The van der Waals surface area contributed by atoms with Gasteiger partial charge in [-0.3, -0.25) is 0 Å². The van der Waals surface area contributed by atoms with Crippen LogP contribution in [-0.2, 0) is 0 Å². The standard InChI is InChI=1S/C16H24Cl2N2/c1-19-15(13-7-4-8-14(17)16(13)18)9-10-20(2)11-12-5-3-6-12/h4,7-8,12,15,19H,3,5-6,9-11H2,1-2H3. The number of hydrogen-bond acceptors (Lipinski definition) is 2. The minimum absolute atomic E-state index is 0.255. The highest BCUT2D eigenvalue weighted by molar-refractivity contribution is 6.42. The molecule has 2 nitrogen and oxygen atoms in total. The van der Waals surface area contributed by atoms with Gasteiger partial charge in [-0.05, 0) is 57.5 Å². The smallest absolute Gasteiger partial charge is 0.0640 e.